The number of carbonyl (C=O) groups is 1. The Morgan fingerprint density at radius 2 is 1.83 bits per heavy atom. The number of rotatable bonds is 5. The maximum atomic E-state index is 12.0. The third-order valence-electron chi connectivity index (χ3n) is 3.16. The van der Waals surface area contributed by atoms with Crippen LogP contribution in [-0.2, 0) is 0 Å². The van der Waals surface area contributed by atoms with Gasteiger partial charge in [-0.25, -0.2) is 5.43 Å². The van der Waals surface area contributed by atoms with Gasteiger partial charge in [-0.05, 0) is 31.2 Å². The van der Waals surface area contributed by atoms with Crippen LogP contribution in [0.2, 0.25) is 0 Å². The molecule has 0 unspecified atom stereocenters. The molecule has 2 rings (SSSR count). The van der Waals surface area contributed by atoms with Gasteiger partial charge < -0.3 is 14.6 Å². The first-order chi connectivity index (χ1) is 11.0. The Hall–Kier alpha value is -3.02. The summed E-state index contributed by atoms with van der Waals surface area (Å²) >= 11 is 0. The van der Waals surface area contributed by atoms with E-state index in [9.17, 15) is 9.90 Å². The molecule has 0 aliphatic carbocycles. The van der Waals surface area contributed by atoms with Crippen LogP contribution in [-0.4, -0.2) is 31.4 Å². The van der Waals surface area contributed by atoms with Crippen LogP contribution >= 0.6 is 0 Å². The van der Waals surface area contributed by atoms with E-state index in [-0.39, 0.29) is 23.2 Å². The number of phenols is 1. The molecule has 2 N–H and O–H groups in total. The fraction of sp³-hybridized carbons (Fsp3) is 0.176. The summed E-state index contributed by atoms with van der Waals surface area (Å²) in [6.07, 6.45) is 1.44. The number of aryl methyl sites for hydroxylation is 1. The fourth-order valence-corrected chi connectivity index (χ4v) is 2.00. The third kappa shape index (κ3) is 4.00. The molecule has 0 atom stereocenters. The predicted molar refractivity (Wildman–Crippen MR) is 87.5 cm³/mol. The van der Waals surface area contributed by atoms with Gasteiger partial charge >= 0.3 is 0 Å². The normalized spacial score (nSPS) is 10.6. The standard InChI is InChI=1S/C17H18N2O4/c1-11-5-4-6-13(7-11)17(21)19-18-10-12-8-14(22-2)16(20)15(9-12)23-3/h4-10,20H,1-3H3,(H,19,21). The van der Waals surface area contributed by atoms with E-state index in [2.05, 4.69) is 10.5 Å². The molecule has 23 heavy (non-hydrogen) atoms. The molecule has 0 aromatic heterocycles. The van der Waals surface area contributed by atoms with Gasteiger partial charge in [0, 0.05) is 11.1 Å². The Morgan fingerprint density at radius 3 is 2.39 bits per heavy atom. The van der Waals surface area contributed by atoms with Crippen molar-refractivity contribution in [2.75, 3.05) is 14.2 Å². The number of carbonyl (C=O) groups excluding carboxylic acids is 1. The Bertz CT molecular complexity index is 716. The topological polar surface area (TPSA) is 80.2 Å². The summed E-state index contributed by atoms with van der Waals surface area (Å²) in [5.74, 6) is 0.130. The van der Waals surface area contributed by atoms with Crippen LogP contribution in [0.5, 0.6) is 17.2 Å². The minimum absolute atomic E-state index is 0.0871. The zero-order chi connectivity index (χ0) is 16.8. The molecule has 0 fully saturated rings. The molecule has 0 saturated heterocycles. The maximum absolute atomic E-state index is 12.0. The number of nitrogens with zero attached hydrogens (tertiary/aromatic N) is 1. The van der Waals surface area contributed by atoms with Crippen molar-refractivity contribution in [1.82, 2.24) is 5.43 Å². The van der Waals surface area contributed by atoms with Crippen molar-refractivity contribution >= 4 is 12.1 Å². The zero-order valence-electron chi connectivity index (χ0n) is 13.2. The van der Waals surface area contributed by atoms with Crippen molar-refractivity contribution in [3.05, 3.63) is 53.1 Å². The number of methoxy groups -OCH3 is 2. The van der Waals surface area contributed by atoms with Crippen molar-refractivity contribution < 1.29 is 19.4 Å². The average molecular weight is 314 g/mol. The van der Waals surface area contributed by atoms with E-state index < -0.39 is 0 Å². The molecule has 0 bridgehead atoms. The summed E-state index contributed by atoms with van der Waals surface area (Å²) < 4.78 is 10.1. The van der Waals surface area contributed by atoms with E-state index >= 15 is 0 Å². The van der Waals surface area contributed by atoms with Gasteiger partial charge in [0.25, 0.3) is 5.91 Å². The molecule has 120 valence electrons. The molecule has 6 heteroatoms. The van der Waals surface area contributed by atoms with E-state index in [1.807, 2.05) is 19.1 Å². The van der Waals surface area contributed by atoms with Gasteiger partial charge in [0.05, 0.1) is 20.4 Å². The monoisotopic (exact) mass is 314 g/mol. The van der Waals surface area contributed by atoms with Gasteiger partial charge in [0.2, 0.25) is 5.75 Å². The highest BCUT2D eigenvalue weighted by atomic mass is 16.5. The SMILES string of the molecule is COc1cc(C=NNC(=O)c2cccc(C)c2)cc(OC)c1O. The van der Waals surface area contributed by atoms with E-state index in [1.54, 1.807) is 24.3 Å². The van der Waals surface area contributed by atoms with Gasteiger partial charge in [-0.2, -0.15) is 5.10 Å². The summed E-state index contributed by atoms with van der Waals surface area (Å²) in [5, 5.41) is 13.7. The Morgan fingerprint density at radius 1 is 1.17 bits per heavy atom. The van der Waals surface area contributed by atoms with E-state index in [0.717, 1.165) is 5.56 Å². The van der Waals surface area contributed by atoms with Crippen molar-refractivity contribution in [3.63, 3.8) is 0 Å². The van der Waals surface area contributed by atoms with Gasteiger partial charge in [-0.15, -0.1) is 0 Å². The fourth-order valence-electron chi connectivity index (χ4n) is 2.00. The third-order valence-corrected chi connectivity index (χ3v) is 3.16. The van der Waals surface area contributed by atoms with Crippen LogP contribution in [0.15, 0.2) is 41.5 Å². The Kier molecular flexibility index (Phi) is 5.19. The number of hydrogen-bond donors (Lipinski definition) is 2. The molecule has 0 saturated carbocycles. The number of aromatic hydroxyl groups is 1. The number of amides is 1. The largest absolute Gasteiger partial charge is 0.502 e. The highest BCUT2D eigenvalue weighted by Gasteiger charge is 2.10. The highest BCUT2D eigenvalue weighted by Crippen LogP contribution is 2.36. The molecule has 0 aliphatic rings. The average Bonchev–Trinajstić information content (AvgIpc) is 2.55. The lowest BCUT2D eigenvalue weighted by atomic mass is 10.1. The predicted octanol–water partition coefficient (Wildman–Crippen LogP) is 2.48. The van der Waals surface area contributed by atoms with Crippen LogP contribution in [0, 0.1) is 6.92 Å². The molecular formula is C17H18N2O4. The first-order valence-corrected chi connectivity index (χ1v) is 6.90. The second-order valence-electron chi connectivity index (χ2n) is 4.84. The van der Waals surface area contributed by atoms with Crippen LogP contribution < -0.4 is 14.9 Å². The molecule has 6 nitrogen and oxygen atoms in total. The maximum Gasteiger partial charge on any atom is 0.271 e. The lowest BCUT2D eigenvalue weighted by Crippen LogP contribution is -2.17. The molecule has 0 radical (unpaired) electrons. The van der Waals surface area contributed by atoms with Gasteiger partial charge in [0.1, 0.15) is 0 Å². The Balaban J connectivity index is 2.13. The van der Waals surface area contributed by atoms with Crippen molar-refractivity contribution in [3.8, 4) is 17.2 Å². The molecular weight excluding hydrogens is 296 g/mol. The minimum atomic E-state index is -0.303. The molecule has 2 aromatic carbocycles. The number of hydrogen-bond acceptors (Lipinski definition) is 5. The second kappa shape index (κ2) is 7.31. The Labute approximate surface area is 134 Å². The van der Waals surface area contributed by atoms with Crippen molar-refractivity contribution in [1.29, 1.82) is 0 Å². The second-order valence-corrected chi connectivity index (χ2v) is 4.84. The molecule has 0 heterocycles. The number of ether oxygens (including phenoxy) is 2. The quantitative estimate of drug-likeness (QED) is 0.656. The van der Waals surface area contributed by atoms with Gasteiger partial charge in [0.15, 0.2) is 11.5 Å². The first kappa shape index (κ1) is 16.4. The summed E-state index contributed by atoms with van der Waals surface area (Å²) in [7, 11) is 2.88. The van der Waals surface area contributed by atoms with Crippen LogP contribution in [0.25, 0.3) is 0 Å². The van der Waals surface area contributed by atoms with E-state index in [0.29, 0.717) is 11.1 Å². The van der Waals surface area contributed by atoms with Crippen LogP contribution in [0.1, 0.15) is 21.5 Å². The summed E-state index contributed by atoms with van der Waals surface area (Å²) in [6, 6.07) is 10.4. The van der Waals surface area contributed by atoms with Crippen molar-refractivity contribution in [2.24, 2.45) is 5.10 Å². The summed E-state index contributed by atoms with van der Waals surface area (Å²) in [4.78, 5) is 12.0. The van der Waals surface area contributed by atoms with E-state index in [4.69, 9.17) is 9.47 Å². The smallest absolute Gasteiger partial charge is 0.271 e. The number of benzene rings is 2. The molecule has 2 aromatic rings. The van der Waals surface area contributed by atoms with Crippen LogP contribution in [0.4, 0.5) is 0 Å². The van der Waals surface area contributed by atoms with Gasteiger partial charge in [-0.3, -0.25) is 4.79 Å². The molecule has 0 spiro atoms. The lowest BCUT2D eigenvalue weighted by molar-refractivity contribution is 0.0955. The summed E-state index contributed by atoms with van der Waals surface area (Å²) in [5.41, 5.74) is 4.59. The van der Waals surface area contributed by atoms with Gasteiger partial charge in [-0.1, -0.05) is 17.7 Å². The highest BCUT2D eigenvalue weighted by molar-refractivity contribution is 5.95. The minimum Gasteiger partial charge on any atom is -0.502 e. The summed E-state index contributed by atoms with van der Waals surface area (Å²) in [6.45, 7) is 1.91. The lowest BCUT2D eigenvalue weighted by Gasteiger charge is -2.09. The number of phenolic OH excluding ortho intramolecular Hbond substituents is 1. The number of nitrogens with one attached hydrogen (secondary N) is 1. The molecule has 1 amide bonds. The molecule has 0 aliphatic heterocycles. The first-order valence-electron chi connectivity index (χ1n) is 6.90. The van der Waals surface area contributed by atoms with Crippen LogP contribution in [0.3, 0.4) is 0 Å². The van der Waals surface area contributed by atoms with Crippen molar-refractivity contribution in [2.45, 2.75) is 6.92 Å². The zero-order valence-corrected chi connectivity index (χ0v) is 13.2. The number of hydrazone groups is 1. The van der Waals surface area contributed by atoms with E-state index in [1.165, 1.54) is 20.4 Å².